The lowest BCUT2D eigenvalue weighted by Crippen LogP contribution is -1.95. The highest BCUT2D eigenvalue weighted by atomic mass is 19.1. The van der Waals surface area contributed by atoms with Crippen LogP contribution < -0.4 is 0 Å². The molecule has 6 heteroatoms. The second-order valence-electron chi connectivity index (χ2n) is 2.82. The molecule has 0 saturated heterocycles. The first-order valence-electron chi connectivity index (χ1n) is 4.24. The average Bonchev–Trinajstić information content (AvgIpc) is 2.25. The molecule has 0 aliphatic carbocycles. The number of benzene rings is 1. The van der Waals surface area contributed by atoms with Crippen LogP contribution in [-0.2, 0) is 9.53 Å². The summed E-state index contributed by atoms with van der Waals surface area (Å²) in [6.45, 7) is 0. The molecule has 0 spiro atoms. The standard InChI is InChI=1S/C10H8FNO4/c1-16-10(13)5-2-7-6-8(11)3-4-9(7)12(14)15/h2-6H,1H3/b5-2+. The van der Waals surface area contributed by atoms with Gasteiger partial charge in [0.1, 0.15) is 5.82 Å². The van der Waals surface area contributed by atoms with Gasteiger partial charge in [-0.25, -0.2) is 9.18 Å². The van der Waals surface area contributed by atoms with Gasteiger partial charge in [-0.1, -0.05) is 0 Å². The van der Waals surface area contributed by atoms with Gasteiger partial charge in [-0.15, -0.1) is 0 Å². The van der Waals surface area contributed by atoms with Gasteiger partial charge >= 0.3 is 5.97 Å². The molecule has 0 N–H and O–H groups in total. The Labute approximate surface area is 90.3 Å². The highest BCUT2D eigenvalue weighted by Crippen LogP contribution is 2.20. The molecule has 0 unspecified atom stereocenters. The predicted molar refractivity (Wildman–Crippen MR) is 54.1 cm³/mol. The molecule has 0 heterocycles. The van der Waals surface area contributed by atoms with Crippen LogP contribution in [0.5, 0.6) is 0 Å². The lowest BCUT2D eigenvalue weighted by Gasteiger charge is -1.97. The predicted octanol–water partition coefficient (Wildman–Crippen LogP) is 1.92. The van der Waals surface area contributed by atoms with Crippen molar-refractivity contribution in [2.24, 2.45) is 0 Å². The molecular formula is C10H8FNO4. The SMILES string of the molecule is COC(=O)/C=C/c1cc(F)ccc1[N+](=O)[O-]. The van der Waals surface area contributed by atoms with E-state index in [0.29, 0.717) is 0 Å². The maximum atomic E-state index is 12.8. The second-order valence-corrected chi connectivity index (χ2v) is 2.82. The monoisotopic (exact) mass is 225 g/mol. The zero-order valence-electron chi connectivity index (χ0n) is 8.34. The summed E-state index contributed by atoms with van der Waals surface area (Å²) < 4.78 is 17.2. The van der Waals surface area contributed by atoms with Crippen LogP contribution >= 0.6 is 0 Å². The van der Waals surface area contributed by atoms with E-state index in [2.05, 4.69) is 4.74 Å². The smallest absolute Gasteiger partial charge is 0.330 e. The van der Waals surface area contributed by atoms with Gasteiger partial charge in [0.25, 0.3) is 5.69 Å². The normalized spacial score (nSPS) is 10.4. The fourth-order valence-corrected chi connectivity index (χ4v) is 1.05. The lowest BCUT2D eigenvalue weighted by atomic mass is 10.1. The summed E-state index contributed by atoms with van der Waals surface area (Å²) in [5.74, 6) is -1.28. The first-order chi connectivity index (χ1) is 7.54. The van der Waals surface area contributed by atoms with E-state index in [1.807, 2.05) is 0 Å². The van der Waals surface area contributed by atoms with Crippen LogP contribution in [0.3, 0.4) is 0 Å². The quantitative estimate of drug-likeness (QED) is 0.341. The molecule has 0 fully saturated rings. The fourth-order valence-electron chi connectivity index (χ4n) is 1.05. The molecule has 0 atom stereocenters. The number of nitro groups is 1. The van der Waals surface area contributed by atoms with E-state index >= 15 is 0 Å². The van der Waals surface area contributed by atoms with Crippen LogP contribution in [0.1, 0.15) is 5.56 Å². The van der Waals surface area contributed by atoms with Gasteiger partial charge in [-0.05, 0) is 18.2 Å². The number of carbonyl (C=O) groups is 1. The number of nitrogens with zero attached hydrogens (tertiary/aromatic N) is 1. The Hall–Kier alpha value is -2.24. The van der Waals surface area contributed by atoms with E-state index in [4.69, 9.17) is 0 Å². The fraction of sp³-hybridized carbons (Fsp3) is 0.100. The summed E-state index contributed by atoms with van der Waals surface area (Å²) in [4.78, 5) is 20.7. The van der Waals surface area contributed by atoms with Crippen LogP contribution in [0, 0.1) is 15.9 Å². The number of hydrogen-bond donors (Lipinski definition) is 0. The van der Waals surface area contributed by atoms with Gasteiger partial charge < -0.3 is 4.74 Å². The van der Waals surface area contributed by atoms with Gasteiger partial charge in [0, 0.05) is 12.1 Å². The molecular weight excluding hydrogens is 217 g/mol. The Morgan fingerprint density at radius 1 is 1.56 bits per heavy atom. The summed E-state index contributed by atoms with van der Waals surface area (Å²) in [5, 5.41) is 10.6. The third-order valence-electron chi connectivity index (χ3n) is 1.79. The number of nitro benzene ring substituents is 1. The first-order valence-corrected chi connectivity index (χ1v) is 4.24. The molecule has 0 amide bonds. The van der Waals surface area contributed by atoms with Crippen LogP contribution in [0.25, 0.3) is 6.08 Å². The van der Waals surface area contributed by atoms with Crippen molar-refractivity contribution in [2.45, 2.75) is 0 Å². The minimum atomic E-state index is -0.668. The van der Waals surface area contributed by atoms with Gasteiger partial charge in [0.15, 0.2) is 0 Å². The highest BCUT2D eigenvalue weighted by Gasteiger charge is 2.12. The van der Waals surface area contributed by atoms with Gasteiger partial charge in [0.2, 0.25) is 0 Å². The van der Waals surface area contributed by atoms with Crippen LogP contribution in [0.4, 0.5) is 10.1 Å². The van der Waals surface area contributed by atoms with Crippen LogP contribution in [0.2, 0.25) is 0 Å². The van der Waals surface area contributed by atoms with Gasteiger partial charge in [-0.2, -0.15) is 0 Å². The topological polar surface area (TPSA) is 69.4 Å². The number of hydrogen-bond acceptors (Lipinski definition) is 4. The summed E-state index contributed by atoms with van der Waals surface area (Å²) in [5.41, 5.74) is -0.267. The number of esters is 1. The largest absolute Gasteiger partial charge is 0.466 e. The Kier molecular flexibility index (Phi) is 3.71. The minimum absolute atomic E-state index is 0.00963. The molecule has 84 valence electrons. The number of halogens is 1. The van der Waals surface area contributed by atoms with Gasteiger partial charge in [0.05, 0.1) is 17.6 Å². The van der Waals surface area contributed by atoms with Crippen molar-refractivity contribution in [1.82, 2.24) is 0 Å². The zero-order valence-corrected chi connectivity index (χ0v) is 8.34. The number of rotatable bonds is 3. The second kappa shape index (κ2) is 5.01. The van der Waals surface area contributed by atoms with Crippen molar-refractivity contribution in [1.29, 1.82) is 0 Å². The molecule has 5 nitrogen and oxygen atoms in total. The van der Waals surface area contributed by atoms with Gasteiger partial charge in [-0.3, -0.25) is 10.1 Å². The van der Waals surface area contributed by atoms with Crippen molar-refractivity contribution in [3.8, 4) is 0 Å². The summed E-state index contributed by atoms with van der Waals surface area (Å²) in [6.07, 6.45) is 2.12. The Morgan fingerprint density at radius 2 is 2.25 bits per heavy atom. The molecule has 0 aliphatic heterocycles. The van der Waals surface area contributed by atoms with E-state index in [9.17, 15) is 19.3 Å². The van der Waals surface area contributed by atoms with Crippen molar-refractivity contribution in [2.75, 3.05) is 7.11 Å². The molecule has 1 aromatic carbocycles. The maximum Gasteiger partial charge on any atom is 0.330 e. The Balaban J connectivity index is 3.10. The third kappa shape index (κ3) is 2.88. The molecule has 0 radical (unpaired) electrons. The van der Waals surface area contributed by atoms with Crippen molar-refractivity contribution in [3.63, 3.8) is 0 Å². The van der Waals surface area contributed by atoms with Crippen LogP contribution in [-0.4, -0.2) is 18.0 Å². The van der Waals surface area contributed by atoms with Crippen molar-refractivity contribution < 1.29 is 18.8 Å². The summed E-state index contributed by atoms with van der Waals surface area (Å²) in [7, 11) is 1.17. The molecule has 0 aromatic heterocycles. The number of carbonyl (C=O) groups excluding carboxylic acids is 1. The van der Waals surface area contributed by atoms with E-state index in [1.54, 1.807) is 0 Å². The average molecular weight is 225 g/mol. The highest BCUT2D eigenvalue weighted by molar-refractivity contribution is 5.87. The minimum Gasteiger partial charge on any atom is -0.466 e. The zero-order chi connectivity index (χ0) is 12.1. The Bertz CT molecular complexity index is 456. The number of ether oxygens (including phenoxy) is 1. The van der Waals surface area contributed by atoms with E-state index < -0.39 is 16.7 Å². The summed E-state index contributed by atoms with van der Waals surface area (Å²) >= 11 is 0. The van der Waals surface area contributed by atoms with Crippen molar-refractivity contribution in [3.05, 3.63) is 45.8 Å². The maximum absolute atomic E-state index is 12.8. The molecule has 0 saturated carbocycles. The number of methoxy groups -OCH3 is 1. The van der Waals surface area contributed by atoms with E-state index in [-0.39, 0.29) is 11.3 Å². The third-order valence-corrected chi connectivity index (χ3v) is 1.79. The summed E-state index contributed by atoms with van der Waals surface area (Å²) in [6, 6.07) is 2.98. The molecule has 0 aliphatic rings. The lowest BCUT2D eigenvalue weighted by molar-refractivity contribution is -0.385. The molecule has 1 rings (SSSR count). The Morgan fingerprint density at radius 3 is 2.81 bits per heavy atom. The molecule has 0 bridgehead atoms. The molecule has 1 aromatic rings. The van der Waals surface area contributed by atoms with Crippen molar-refractivity contribution >= 4 is 17.7 Å². The van der Waals surface area contributed by atoms with E-state index in [1.165, 1.54) is 7.11 Å². The van der Waals surface area contributed by atoms with E-state index in [0.717, 1.165) is 30.4 Å². The molecule has 16 heavy (non-hydrogen) atoms. The first kappa shape index (κ1) is 11.8. The van der Waals surface area contributed by atoms with Crippen LogP contribution in [0.15, 0.2) is 24.3 Å².